The van der Waals surface area contributed by atoms with Gasteiger partial charge in [-0.1, -0.05) is 12.1 Å². The van der Waals surface area contributed by atoms with E-state index in [4.69, 9.17) is 10.5 Å². The molecule has 0 aliphatic rings. The van der Waals surface area contributed by atoms with Crippen molar-refractivity contribution < 1.29 is 13.9 Å². The van der Waals surface area contributed by atoms with Gasteiger partial charge in [0.15, 0.2) is 0 Å². The van der Waals surface area contributed by atoms with E-state index in [2.05, 4.69) is 10.3 Å². The normalized spacial score (nSPS) is 12.1. The van der Waals surface area contributed by atoms with Crippen LogP contribution in [0.5, 0.6) is 0 Å². The largest absolute Gasteiger partial charge is 0.375 e. The molecule has 5 nitrogen and oxygen atoms in total. The van der Waals surface area contributed by atoms with E-state index in [9.17, 15) is 9.18 Å². The number of rotatable bonds is 7. The standard InChI is InChI=1S/C15H18FN3O2S/c1-21-13(10-2-4-11(16)5-3-10)8-18-15(20)12-9-22-14(19-12)6-7-17/h2-5,9,13H,6-8,17H2,1H3,(H,18,20). The van der Waals surface area contributed by atoms with Crippen molar-refractivity contribution in [1.82, 2.24) is 10.3 Å². The highest BCUT2D eigenvalue weighted by atomic mass is 32.1. The topological polar surface area (TPSA) is 77.2 Å². The minimum atomic E-state index is -0.341. The van der Waals surface area contributed by atoms with Crippen LogP contribution in [0, 0.1) is 5.82 Å². The highest BCUT2D eigenvalue weighted by molar-refractivity contribution is 7.09. The van der Waals surface area contributed by atoms with Crippen LogP contribution in [0.1, 0.15) is 27.2 Å². The first-order valence-corrected chi connectivity index (χ1v) is 7.73. The SMILES string of the molecule is COC(CNC(=O)c1csc(CCN)n1)c1ccc(F)cc1. The van der Waals surface area contributed by atoms with Crippen molar-refractivity contribution in [1.29, 1.82) is 0 Å². The first kappa shape index (κ1) is 16.5. The number of benzene rings is 1. The molecule has 3 N–H and O–H groups in total. The fraction of sp³-hybridized carbons (Fsp3) is 0.333. The van der Waals surface area contributed by atoms with Gasteiger partial charge in [0.2, 0.25) is 0 Å². The summed E-state index contributed by atoms with van der Waals surface area (Å²) in [5.41, 5.74) is 6.63. The number of nitrogens with one attached hydrogen (secondary N) is 1. The van der Waals surface area contributed by atoms with E-state index in [0.717, 1.165) is 10.6 Å². The third kappa shape index (κ3) is 4.33. The number of amides is 1. The van der Waals surface area contributed by atoms with Crippen LogP contribution in [0.3, 0.4) is 0 Å². The molecule has 1 amide bonds. The lowest BCUT2D eigenvalue weighted by atomic mass is 10.1. The molecule has 118 valence electrons. The van der Waals surface area contributed by atoms with Crippen molar-refractivity contribution in [3.8, 4) is 0 Å². The molecule has 0 saturated heterocycles. The van der Waals surface area contributed by atoms with Crippen molar-refractivity contribution in [2.75, 3.05) is 20.2 Å². The number of hydrogen-bond donors (Lipinski definition) is 2. The molecule has 0 saturated carbocycles. The van der Waals surface area contributed by atoms with Crippen LogP contribution >= 0.6 is 11.3 Å². The van der Waals surface area contributed by atoms with Crippen LogP contribution in [0.25, 0.3) is 0 Å². The van der Waals surface area contributed by atoms with E-state index in [0.29, 0.717) is 18.7 Å². The van der Waals surface area contributed by atoms with E-state index >= 15 is 0 Å². The molecule has 2 aromatic rings. The Morgan fingerprint density at radius 1 is 1.45 bits per heavy atom. The van der Waals surface area contributed by atoms with Gasteiger partial charge in [-0.25, -0.2) is 9.37 Å². The number of carbonyl (C=O) groups is 1. The minimum absolute atomic E-state index is 0.260. The van der Waals surface area contributed by atoms with Gasteiger partial charge in [-0.05, 0) is 24.2 Å². The number of hydrogen-bond acceptors (Lipinski definition) is 5. The summed E-state index contributed by atoms with van der Waals surface area (Å²) in [6, 6.07) is 6.00. The zero-order valence-electron chi connectivity index (χ0n) is 12.2. The molecule has 0 spiro atoms. The second kappa shape index (κ2) is 7.98. The van der Waals surface area contributed by atoms with Crippen LogP contribution in [0.4, 0.5) is 4.39 Å². The molecule has 1 heterocycles. The van der Waals surface area contributed by atoms with Gasteiger partial charge < -0.3 is 15.8 Å². The van der Waals surface area contributed by atoms with Crippen LogP contribution in [-0.4, -0.2) is 31.1 Å². The summed E-state index contributed by atoms with van der Waals surface area (Å²) in [7, 11) is 1.54. The average molecular weight is 323 g/mol. The van der Waals surface area contributed by atoms with Crippen LogP contribution < -0.4 is 11.1 Å². The van der Waals surface area contributed by atoms with Crippen LogP contribution in [0.2, 0.25) is 0 Å². The van der Waals surface area contributed by atoms with E-state index in [1.807, 2.05) is 0 Å². The molecule has 0 fully saturated rings. The Kier molecular flexibility index (Phi) is 6.00. The van der Waals surface area contributed by atoms with E-state index < -0.39 is 0 Å². The van der Waals surface area contributed by atoms with Gasteiger partial charge in [-0.15, -0.1) is 11.3 Å². The highest BCUT2D eigenvalue weighted by Gasteiger charge is 2.15. The Morgan fingerprint density at radius 2 is 2.18 bits per heavy atom. The number of carbonyl (C=O) groups excluding carboxylic acids is 1. The van der Waals surface area contributed by atoms with Gasteiger partial charge in [-0.2, -0.15) is 0 Å². The number of methoxy groups -OCH3 is 1. The molecule has 0 aliphatic carbocycles. The summed E-state index contributed by atoms with van der Waals surface area (Å²) in [5, 5.41) is 5.32. The molecule has 0 radical (unpaired) electrons. The predicted octanol–water partition coefficient (Wildman–Crippen LogP) is 1.90. The summed E-state index contributed by atoms with van der Waals surface area (Å²) in [6.45, 7) is 0.787. The lowest BCUT2D eigenvalue weighted by Crippen LogP contribution is -2.29. The van der Waals surface area contributed by atoms with Gasteiger partial charge in [0.05, 0.1) is 11.1 Å². The predicted molar refractivity (Wildman–Crippen MR) is 83.4 cm³/mol. The number of nitrogens with two attached hydrogens (primary N) is 1. The second-order valence-corrected chi connectivity index (χ2v) is 5.59. The van der Waals surface area contributed by atoms with Crippen molar-refractivity contribution in [2.45, 2.75) is 12.5 Å². The molecule has 1 aromatic heterocycles. The number of thiazole rings is 1. The first-order valence-electron chi connectivity index (χ1n) is 6.85. The van der Waals surface area contributed by atoms with Gasteiger partial charge in [0.1, 0.15) is 11.5 Å². The number of aromatic nitrogens is 1. The van der Waals surface area contributed by atoms with Crippen molar-refractivity contribution in [3.63, 3.8) is 0 Å². The summed E-state index contributed by atoms with van der Waals surface area (Å²) < 4.78 is 18.3. The smallest absolute Gasteiger partial charge is 0.270 e. The molecule has 0 bridgehead atoms. The summed E-state index contributed by atoms with van der Waals surface area (Å²) in [5.74, 6) is -0.568. The van der Waals surface area contributed by atoms with Crippen molar-refractivity contribution in [2.24, 2.45) is 5.73 Å². The molecule has 1 aromatic carbocycles. The molecule has 1 unspecified atom stereocenters. The molecular formula is C15H18FN3O2S. The van der Waals surface area contributed by atoms with Gasteiger partial charge >= 0.3 is 0 Å². The monoisotopic (exact) mass is 323 g/mol. The summed E-state index contributed by atoms with van der Waals surface area (Å²) in [4.78, 5) is 16.3. The maximum Gasteiger partial charge on any atom is 0.270 e. The fourth-order valence-corrected chi connectivity index (χ4v) is 2.74. The first-order chi connectivity index (χ1) is 10.6. The quantitative estimate of drug-likeness (QED) is 0.816. The Bertz CT molecular complexity index is 616. The molecule has 1 atom stereocenters. The molecular weight excluding hydrogens is 305 g/mol. The van der Waals surface area contributed by atoms with Crippen LogP contribution in [-0.2, 0) is 11.2 Å². The number of ether oxygens (including phenoxy) is 1. The maximum atomic E-state index is 12.9. The molecule has 22 heavy (non-hydrogen) atoms. The minimum Gasteiger partial charge on any atom is -0.375 e. The van der Waals surface area contributed by atoms with Gasteiger partial charge in [-0.3, -0.25) is 4.79 Å². The van der Waals surface area contributed by atoms with Gasteiger partial charge in [0.25, 0.3) is 5.91 Å². The van der Waals surface area contributed by atoms with Gasteiger partial charge in [0, 0.05) is 25.5 Å². The number of nitrogens with zero attached hydrogens (tertiary/aromatic N) is 1. The summed E-state index contributed by atoms with van der Waals surface area (Å²) in [6.07, 6.45) is 0.320. The average Bonchev–Trinajstić information content (AvgIpc) is 2.98. The molecule has 2 rings (SSSR count). The zero-order valence-corrected chi connectivity index (χ0v) is 13.0. The van der Waals surface area contributed by atoms with Crippen molar-refractivity contribution in [3.05, 3.63) is 51.7 Å². The van der Waals surface area contributed by atoms with E-state index in [1.165, 1.54) is 23.5 Å². The Hall–Kier alpha value is -1.83. The molecule has 7 heteroatoms. The van der Waals surface area contributed by atoms with E-state index in [1.54, 1.807) is 24.6 Å². The number of halogens is 1. The highest BCUT2D eigenvalue weighted by Crippen LogP contribution is 2.16. The fourth-order valence-electron chi connectivity index (χ4n) is 1.94. The van der Waals surface area contributed by atoms with E-state index in [-0.39, 0.29) is 24.4 Å². The Labute approximate surface area is 132 Å². The van der Waals surface area contributed by atoms with Crippen LogP contribution in [0.15, 0.2) is 29.6 Å². The summed E-state index contributed by atoms with van der Waals surface area (Å²) >= 11 is 1.42. The Morgan fingerprint density at radius 3 is 2.82 bits per heavy atom. The lowest BCUT2D eigenvalue weighted by Gasteiger charge is -2.16. The maximum absolute atomic E-state index is 12.9. The molecule has 0 aliphatic heterocycles. The third-order valence-electron chi connectivity index (χ3n) is 3.12. The van der Waals surface area contributed by atoms with Crippen molar-refractivity contribution >= 4 is 17.2 Å². The Balaban J connectivity index is 1.94. The lowest BCUT2D eigenvalue weighted by molar-refractivity contribution is 0.0824. The third-order valence-corrected chi connectivity index (χ3v) is 4.03. The second-order valence-electron chi connectivity index (χ2n) is 4.65. The zero-order chi connectivity index (χ0) is 15.9.